The van der Waals surface area contributed by atoms with E-state index in [0.29, 0.717) is 19.2 Å². The summed E-state index contributed by atoms with van der Waals surface area (Å²) in [6.07, 6.45) is 9.36. The molecule has 1 fully saturated rings. The number of benzene rings is 1. The third-order valence-electron chi connectivity index (χ3n) is 5.65. The number of quaternary nitrogens is 1. The van der Waals surface area contributed by atoms with Crippen LogP contribution in [0.15, 0.2) is 42.6 Å². The van der Waals surface area contributed by atoms with E-state index in [2.05, 4.69) is 73.9 Å². The third kappa shape index (κ3) is 6.47. The number of hydrogen-bond acceptors (Lipinski definition) is 2. The molecule has 156 valence electrons. The van der Waals surface area contributed by atoms with E-state index in [0.717, 1.165) is 13.1 Å². The highest BCUT2D eigenvalue weighted by Crippen LogP contribution is 2.22. The van der Waals surface area contributed by atoms with Crippen molar-refractivity contribution in [2.45, 2.75) is 64.3 Å². The minimum Gasteiger partial charge on any atom is -0.385 e. The molecule has 1 aromatic carbocycles. The molecule has 2 N–H and O–H groups in total. The maximum Gasteiger partial charge on any atom is 0.126 e. The fraction of sp³-hybridized carbons (Fsp3) is 0.520. The lowest BCUT2D eigenvalue weighted by Gasteiger charge is -2.23. The van der Waals surface area contributed by atoms with E-state index in [1.54, 1.807) is 0 Å². The van der Waals surface area contributed by atoms with Gasteiger partial charge in [0.15, 0.2) is 0 Å². The van der Waals surface area contributed by atoms with Crippen LogP contribution < -0.4 is 4.90 Å². The number of terminal acetylenes is 1. The van der Waals surface area contributed by atoms with Crippen molar-refractivity contribution in [3.8, 4) is 12.3 Å². The number of nitrogens with zero attached hydrogens (tertiary/aromatic N) is 1. The Morgan fingerprint density at radius 1 is 1.24 bits per heavy atom. The van der Waals surface area contributed by atoms with Crippen molar-refractivity contribution in [3.05, 3.63) is 59.4 Å². The number of aliphatic hydroxyl groups excluding tert-OH is 1. The molecule has 29 heavy (non-hydrogen) atoms. The molecule has 0 saturated heterocycles. The van der Waals surface area contributed by atoms with Crippen molar-refractivity contribution >= 4 is 0 Å². The van der Waals surface area contributed by atoms with Crippen molar-refractivity contribution in [3.63, 3.8) is 0 Å². The maximum absolute atomic E-state index is 10.3. The number of hydrogen-bond donors (Lipinski definition) is 2. The van der Waals surface area contributed by atoms with E-state index >= 15 is 0 Å². The van der Waals surface area contributed by atoms with Gasteiger partial charge in [-0.15, -0.1) is 6.42 Å². The van der Waals surface area contributed by atoms with E-state index in [9.17, 15) is 5.11 Å². The van der Waals surface area contributed by atoms with Gasteiger partial charge in [0.05, 0.1) is 18.3 Å². The van der Waals surface area contributed by atoms with Crippen molar-refractivity contribution in [1.82, 2.24) is 4.57 Å². The van der Waals surface area contributed by atoms with Gasteiger partial charge in [-0.3, -0.25) is 0 Å². The van der Waals surface area contributed by atoms with Gasteiger partial charge in [0.2, 0.25) is 0 Å². The lowest BCUT2D eigenvalue weighted by atomic mass is 9.87. The average Bonchev–Trinajstić information content (AvgIpc) is 3.43. The molecule has 1 aromatic heterocycles. The van der Waals surface area contributed by atoms with Gasteiger partial charge in [0.1, 0.15) is 25.8 Å². The largest absolute Gasteiger partial charge is 0.385 e. The van der Waals surface area contributed by atoms with Crippen LogP contribution in [0.25, 0.3) is 0 Å². The van der Waals surface area contributed by atoms with Crippen LogP contribution in [0.2, 0.25) is 0 Å². The molecule has 1 heterocycles. The molecular weight excluding hydrogens is 360 g/mol. The van der Waals surface area contributed by atoms with E-state index < -0.39 is 6.10 Å². The molecule has 0 radical (unpaired) electrons. The van der Waals surface area contributed by atoms with E-state index in [-0.39, 0.29) is 12.0 Å². The molecular formula is C25H35N2O2+. The Morgan fingerprint density at radius 3 is 2.59 bits per heavy atom. The molecule has 1 aliphatic carbocycles. The summed E-state index contributed by atoms with van der Waals surface area (Å²) in [6.45, 7) is 9.78. The smallest absolute Gasteiger partial charge is 0.126 e. The highest BCUT2D eigenvalue weighted by Gasteiger charge is 2.35. The van der Waals surface area contributed by atoms with Crippen LogP contribution in [-0.4, -0.2) is 41.6 Å². The lowest BCUT2D eigenvalue weighted by Crippen LogP contribution is -3.13. The Kier molecular flexibility index (Phi) is 7.18. The number of rotatable bonds is 10. The predicted molar refractivity (Wildman–Crippen MR) is 117 cm³/mol. The summed E-state index contributed by atoms with van der Waals surface area (Å²) < 4.78 is 7.64. The van der Waals surface area contributed by atoms with E-state index in [1.807, 2.05) is 0 Å². The zero-order chi connectivity index (χ0) is 20.9. The van der Waals surface area contributed by atoms with Crippen molar-refractivity contribution in [2.75, 3.05) is 19.8 Å². The van der Waals surface area contributed by atoms with Gasteiger partial charge in [-0.1, -0.05) is 51.0 Å². The first-order valence-electron chi connectivity index (χ1n) is 10.6. The minimum absolute atomic E-state index is 0.177. The van der Waals surface area contributed by atoms with Crippen LogP contribution in [-0.2, 0) is 23.2 Å². The second-order valence-corrected chi connectivity index (χ2v) is 9.26. The molecule has 0 aliphatic heterocycles. The lowest BCUT2D eigenvalue weighted by molar-refractivity contribution is -0.928. The van der Waals surface area contributed by atoms with Crippen molar-refractivity contribution < 1.29 is 14.7 Å². The molecule has 2 aromatic rings. The molecule has 1 saturated carbocycles. The van der Waals surface area contributed by atoms with Crippen LogP contribution in [0.4, 0.5) is 0 Å². The summed E-state index contributed by atoms with van der Waals surface area (Å²) in [5.74, 6) is 2.45. The predicted octanol–water partition coefficient (Wildman–Crippen LogP) is 2.39. The summed E-state index contributed by atoms with van der Waals surface area (Å²) in [7, 11) is 0. The molecule has 0 amide bonds. The first-order valence-corrected chi connectivity index (χ1v) is 10.6. The quantitative estimate of drug-likeness (QED) is 0.479. The van der Waals surface area contributed by atoms with Gasteiger partial charge in [-0.05, 0) is 28.7 Å². The van der Waals surface area contributed by atoms with Gasteiger partial charge in [0, 0.05) is 25.6 Å². The second kappa shape index (κ2) is 9.63. The normalized spacial score (nSPS) is 16.4. The Balaban J connectivity index is 1.62. The number of aliphatic hydroxyl groups is 1. The van der Waals surface area contributed by atoms with Crippen LogP contribution in [0.5, 0.6) is 0 Å². The fourth-order valence-electron chi connectivity index (χ4n) is 3.79. The number of nitrogens with one attached hydrogen (secondary N) is 1. The summed E-state index contributed by atoms with van der Waals surface area (Å²) in [4.78, 5) is 1.44. The highest BCUT2D eigenvalue weighted by atomic mass is 16.5. The first-order chi connectivity index (χ1) is 13.9. The second-order valence-electron chi connectivity index (χ2n) is 9.26. The van der Waals surface area contributed by atoms with Crippen molar-refractivity contribution in [2.24, 2.45) is 0 Å². The average molecular weight is 396 g/mol. The number of ether oxygens (including phenoxy) is 1. The van der Waals surface area contributed by atoms with E-state index in [4.69, 9.17) is 11.2 Å². The summed E-state index contributed by atoms with van der Waals surface area (Å²) in [5.41, 5.74) is 4.16. The van der Waals surface area contributed by atoms with Crippen LogP contribution in [0.3, 0.4) is 0 Å². The van der Waals surface area contributed by atoms with Crippen LogP contribution >= 0.6 is 0 Å². The molecule has 3 rings (SSSR count). The zero-order valence-corrected chi connectivity index (χ0v) is 18.0. The van der Waals surface area contributed by atoms with Crippen molar-refractivity contribution in [1.29, 1.82) is 0 Å². The van der Waals surface area contributed by atoms with Gasteiger partial charge >= 0.3 is 0 Å². The molecule has 1 aliphatic rings. The molecule has 4 heteroatoms. The van der Waals surface area contributed by atoms with E-state index in [1.165, 1.54) is 34.6 Å². The Bertz CT molecular complexity index is 807. The standard InChI is InChI=1S/C25H34N2O2/c1-5-15-29-19-24(28)18-27(22-12-13-22)17-23-7-6-14-26(23)16-20-8-10-21(11-9-20)25(2,3)4/h1,6-11,14,22,24,28H,12-13,15-19H2,2-4H3/p+1/t24-/m1/s1. The van der Waals surface area contributed by atoms with Gasteiger partial charge < -0.3 is 19.3 Å². The highest BCUT2D eigenvalue weighted by molar-refractivity contribution is 5.28. The summed E-state index contributed by atoms with van der Waals surface area (Å²) >= 11 is 0. The molecule has 1 unspecified atom stereocenters. The SMILES string of the molecule is C#CCOC[C@H](O)C[NH+](Cc1cccn1Cc1ccc(C(C)(C)C)cc1)C1CC1. The topological polar surface area (TPSA) is 38.8 Å². The van der Waals surface area contributed by atoms with Gasteiger partial charge in [-0.25, -0.2) is 0 Å². The molecule has 0 bridgehead atoms. The summed E-state index contributed by atoms with van der Waals surface area (Å²) in [5, 5.41) is 10.3. The van der Waals surface area contributed by atoms with Gasteiger partial charge in [0.25, 0.3) is 0 Å². The zero-order valence-electron chi connectivity index (χ0n) is 18.0. The third-order valence-corrected chi connectivity index (χ3v) is 5.65. The number of aromatic nitrogens is 1. The Morgan fingerprint density at radius 2 is 1.97 bits per heavy atom. The summed E-state index contributed by atoms with van der Waals surface area (Å²) in [6, 6.07) is 13.9. The Labute approximate surface area is 175 Å². The van der Waals surface area contributed by atoms with Gasteiger partial charge in [-0.2, -0.15) is 0 Å². The maximum atomic E-state index is 10.3. The molecule has 0 spiro atoms. The van der Waals surface area contributed by atoms with Crippen LogP contribution in [0, 0.1) is 12.3 Å². The first kappa shape index (κ1) is 21.6. The Hall–Kier alpha value is -2.06. The molecule has 4 nitrogen and oxygen atoms in total. The monoisotopic (exact) mass is 395 g/mol. The molecule has 2 atom stereocenters. The minimum atomic E-state index is -0.479. The van der Waals surface area contributed by atoms with Crippen LogP contribution in [0.1, 0.15) is 50.4 Å². The fourth-order valence-corrected chi connectivity index (χ4v) is 3.79.